The highest BCUT2D eigenvalue weighted by molar-refractivity contribution is 6.36. The van der Waals surface area contributed by atoms with Gasteiger partial charge in [0.15, 0.2) is 17.3 Å². The fourth-order valence-electron chi connectivity index (χ4n) is 2.78. The second-order valence-electron chi connectivity index (χ2n) is 6.47. The van der Waals surface area contributed by atoms with E-state index >= 15 is 0 Å². The molecule has 2 rings (SSSR count). The van der Waals surface area contributed by atoms with Gasteiger partial charge in [-0.3, -0.25) is 9.59 Å². The number of nitrogens with one attached hydrogen (secondary N) is 1. The molecule has 2 aromatic carbocycles. The Labute approximate surface area is 202 Å². The number of anilines is 1. The largest absolute Gasteiger partial charge is 0.495 e. The number of Topliss-reactive ketones (excluding diaryl/α,β-unsaturated/α-hetero) is 1. The van der Waals surface area contributed by atoms with Crippen LogP contribution in [0.1, 0.15) is 20.8 Å². The van der Waals surface area contributed by atoms with Gasteiger partial charge in [0, 0.05) is 0 Å². The van der Waals surface area contributed by atoms with E-state index in [1.807, 2.05) is 6.92 Å². The minimum Gasteiger partial charge on any atom is -0.495 e. The summed E-state index contributed by atoms with van der Waals surface area (Å²) in [5.74, 6) is -0.0570. The Hall–Kier alpha value is -3.04. The second-order valence-corrected chi connectivity index (χ2v) is 7.25. The maximum atomic E-state index is 12.9. The smallest absolute Gasteiger partial charge is 0.258 e. The van der Waals surface area contributed by atoms with Crippen LogP contribution in [0.2, 0.25) is 10.0 Å². The summed E-state index contributed by atoms with van der Waals surface area (Å²) >= 11 is 12.6. The number of ether oxygens (including phenoxy) is 4. The van der Waals surface area contributed by atoms with Gasteiger partial charge < -0.3 is 24.3 Å². The molecule has 0 saturated heterocycles. The second kappa shape index (κ2) is 12.3. The van der Waals surface area contributed by atoms with Crippen LogP contribution < -0.4 is 24.3 Å². The number of rotatable bonds is 11. The molecule has 0 fully saturated rings. The number of benzene rings is 2. The average Bonchev–Trinajstić information content (AvgIpc) is 2.78. The fourth-order valence-corrected chi connectivity index (χ4v) is 3.25. The van der Waals surface area contributed by atoms with E-state index in [-0.39, 0.29) is 32.9 Å². The third kappa shape index (κ3) is 6.27. The molecule has 1 unspecified atom stereocenters. The van der Waals surface area contributed by atoms with E-state index in [9.17, 15) is 9.59 Å². The summed E-state index contributed by atoms with van der Waals surface area (Å²) in [5, 5.41) is 10.9. The first-order valence-corrected chi connectivity index (χ1v) is 10.7. The van der Waals surface area contributed by atoms with Crippen molar-refractivity contribution in [2.45, 2.75) is 26.8 Å². The van der Waals surface area contributed by atoms with E-state index in [4.69, 9.17) is 42.1 Å². The molecule has 0 aliphatic rings. The molecule has 1 atom stereocenters. The fraction of sp³-hybridized carbons (Fsp3) is 0.364. The summed E-state index contributed by atoms with van der Waals surface area (Å²) in [7, 11) is 2.85. The van der Waals surface area contributed by atoms with E-state index in [1.54, 1.807) is 31.2 Å². The van der Waals surface area contributed by atoms with Crippen LogP contribution in [0.15, 0.2) is 34.5 Å². The minimum atomic E-state index is -1.49. The number of methoxy groups -OCH3 is 2. The van der Waals surface area contributed by atoms with Gasteiger partial charge in [0.05, 0.1) is 32.5 Å². The number of amides is 1. The standard InChI is InChI=1S/C22H25Cl2N3O6/c1-6-32-16-9-8-13(23)19(21(16)33-7-2)27-26-18(12(3)28)22(29)25-20-15(31-5)11-10-14(30-4)17(20)24/h8-11,18H,6-7H2,1-5H3,(H,25,29). The average molecular weight is 498 g/mol. The van der Waals surface area contributed by atoms with Gasteiger partial charge in [-0.25, -0.2) is 0 Å². The van der Waals surface area contributed by atoms with Crippen LogP contribution in [0.3, 0.4) is 0 Å². The number of azo groups is 1. The molecule has 178 valence electrons. The van der Waals surface area contributed by atoms with Crippen molar-refractivity contribution in [1.29, 1.82) is 0 Å². The summed E-state index contributed by atoms with van der Waals surface area (Å²) in [4.78, 5) is 25.2. The van der Waals surface area contributed by atoms with Crippen molar-refractivity contribution >= 4 is 46.3 Å². The lowest BCUT2D eigenvalue weighted by Gasteiger charge is -2.16. The number of nitrogens with zero attached hydrogens (tertiary/aromatic N) is 2. The van der Waals surface area contributed by atoms with Crippen LogP contribution in [-0.2, 0) is 9.59 Å². The lowest BCUT2D eigenvalue weighted by molar-refractivity contribution is -0.126. The molecule has 33 heavy (non-hydrogen) atoms. The molecule has 1 N–H and O–H groups in total. The van der Waals surface area contributed by atoms with Crippen molar-refractivity contribution in [3.63, 3.8) is 0 Å². The zero-order chi connectivity index (χ0) is 24.5. The normalized spacial score (nSPS) is 11.7. The van der Waals surface area contributed by atoms with E-state index < -0.39 is 17.7 Å². The molecule has 11 heteroatoms. The highest BCUT2D eigenvalue weighted by Crippen LogP contribution is 2.43. The third-order valence-electron chi connectivity index (χ3n) is 4.30. The van der Waals surface area contributed by atoms with E-state index in [0.717, 1.165) is 0 Å². The van der Waals surface area contributed by atoms with Gasteiger partial charge in [0.25, 0.3) is 5.91 Å². The van der Waals surface area contributed by atoms with Crippen molar-refractivity contribution in [1.82, 2.24) is 0 Å². The predicted molar refractivity (Wildman–Crippen MR) is 126 cm³/mol. The van der Waals surface area contributed by atoms with Crippen molar-refractivity contribution in [3.8, 4) is 23.0 Å². The van der Waals surface area contributed by atoms with Crippen LogP contribution in [0.4, 0.5) is 11.4 Å². The van der Waals surface area contributed by atoms with Crippen molar-refractivity contribution < 1.29 is 28.5 Å². The van der Waals surface area contributed by atoms with Gasteiger partial charge in [-0.05, 0) is 45.0 Å². The summed E-state index contributed by atoms with van der Waals surface area (Å²) in [6, 6.07) is 4.87. The van der Waals surface area contributed by atoms with Crippen LogP contribution in [0.25, 0.3) is 0 Å². The molecule has 1 amide bonds. The predicted octanol–water partition coefficient (Wildman–Crippen LogP) is 5.49. The van der Waals surface area contributed by atoms with Crippen molar-refractivity contribution in [3.05, 3.63) is 34.3 Å². The molecule has 0 radical (unpaired) electrons. The molecule has 0 aliphatic heterocycles. The molecule has 0 bridgehead atoms. The molecular formula is C22H25Cl2N3O6. The van der Waals surface area contributed by atoms with Gasteiger partial charge in [0.1, 0.15) is 27.9 Å². The maximum Gasteiger partial charge on any atom is 0.258 e. The SMILES string of the molecule is CCOc1ccc(Cl)c(N=NC(C(C)=O)C(=O)Nc2c(OC)ccc(OC)c2Cl)c1OCC. The zero-order valence-corrected chi connectivity index (χ0v) is 20.4. The van der Waals surface area contributed by atoms with E-state index in [2.05, 4.69) is 15.5 Å². The van der Waals surface area contributed by atoms with Crippen molar-refractivity contribution in [2.24, 2.45) is 10.2 Å². The summed E-state index contributed by atoms with van der Waals surface area (Å²) < 4.78 is 21.6. The highest BCUT2D eigenvalue weighted by atomic mass is 35.5. The topological polar surface area (TPSA) is 108 Å². The van der Waals surface area contributed by atoms with Gasteiger partial charge >= 0.3 is 0 Å². The first-order valence-electron chi connectivity index (χ1n) is 9.99. The van der Waals surface area contributed by atoms with Crippen LogP contribution in [-0.4, -0.2) is 45.2 Å². The molecule has 2 aromatic rings. The Balaban J connectivity index is 2.43. The van der Waals surface area contributed by atoms with E-state index in [1.165, 1.54) is 21.1 Å². The monoisotopic (exact) mass is 497 g/mol. The molecular weight excluding hydrogens is 473 g/mol. The number of carbonyl (C=O) groups is 2. The van der Waals surface area contributed by atoms with Crippen LogP contribution >= 0.6 is 23.2 Å². The molecule has 0 aliphatic carbocycles. The Morgan fingerprint density at radius 2 is 1.58 bits per heavy atom. The minimum absolute atomic E-state index is 0.107. The van der Waals surface area contributed by atoms with Gasteiger partial charge in [0.2, 0.25) is 6.04 Å². The van der Waals surface area contributed by atoms with Crippen molar-refractivity contribution in [2.75, 3.05) is 32.8 Å². The molecule has 0 aromatic heterocycles. The molecule has 9 nitrogen and oxygen atoms in total. The quantitative estimate of drug-likeness (QED) is 0.324. The van der Waals surface area contributed by atoms with Gasteiger partial charge in [-0.1, -0.05) is 23.2 Å². The number of carbonyl (C=O) groups excluding carboxylic acids is 2. The maximum absolute atomic E-state index is 12.9. The summed E-state index contributed by atoms with van der Waals surface area (Å²) in [5.41, 5.74) is 0.275. The first-order chi connectivity index (χ1) is 15.8. The number of halogens is 2. The zero-order valence-electron chi connectivity index (χ0n) is 18.9. The Morgan fingerprint density at radius 3 is 2.15 bits per heavy atom. The highest BCUT2D eigenvalue weighted by Gasteiger charge is 2.26. The van der Waals surface area contributed by atoms with Crippen LogP contribution in [0.5, 0.6) is 23.0 Å². The third-order valence-corrected chi connectivity index (χ3v) is 4.98. The number of ketones is 1. The molecule has 0 heterocycles. The Kier molecular flexibility index (Phi) is 9.74. The lowest BCUT2D eigenvalue weighted by atomic mass is 10.2. The summed E-state index contributed by atoms with van der Waals surface area (Å²) in [6.07, 6.45) is 0. The Morgan fingerprint density at radius 1 is 0.970 bits per heavy atom. The van der Waals surface area contributed by atoms with Gasteiger partial charge in [-0.15, -0.1) is 5.11 Å². The van der Waals surface area contributed by atoms with Crippen LogP contribution in [0, 0.1) is 0 Å². The van der Waals surface area contributed by atoms with E-state index in [0.29, 0.717) is 24.7 Å². The number of hydrogen-bond acceptors (Lipinski definition) is 8. The molecule has 0 spiro atoms. The Bertz CT molecular complexity index is 1050. The molecule has 0 saturated carbocycles. The van der Waals surface area contributed by atoms with Gasteiger partial charge in [-0.2, -0.15) is 5.11 Å². The lowest BCUT2D eigenvalue weighted by Crippen LogP contribution is -2.32. The summed E-state index contributed by atoms with van der Waals surface area (Å²) in [6.45, 7) is 5.53. The number of hydrogen-bond donors (Lipinski definition) is 1. The first kappa shape index (κ1) is 26.2.